The highest BCUT2D eigenvalue weighted by Crippen LogP contribution is 2.29. The molecule has 0 amide bonds. The Labute approximate surface area is 194 Å². The van der Waals surface area contributed by atoms with Crippen molar-refractivity contribution in [1.29, 1.82) is 0 Å². The van der Waals surface area contributed by atoms with Crippen molar-refractivity contribution in [2.24, 2.45) is 0 Å². The number of hydrogen-bond donors (Lipinski definition) is 1. The molecule has 0 unspecified atom stereocenters. The van der Waals surface area contributed by atoms with Gasteiger partial charge in [-0.1, -0.05) is 54.1 Å². The van der Waals surface area contributed by atoms with Gasteiger partial charge in [0.2, 0.25) is 0 Å². The van der Waals surface area contributed by atoms with Gasteiger partial charge in [0.15, 0.2) is 11.3 Å². The van der Waals surface area contributed by atoms with E-state index in [1.165, 1.54) is 10.6 Å². The largest absolute Gasteiger partial charge is 0.489 e. The Balaban J connectivity index is 1.51. The summed E-state index contributed by atoms with van der Waals surface area (Å²) in [6.45, 7) is 0.485. The standard InChI is InChI=1S/C26H18ClN3O3/c27-20-10-6-19(7-11-20)24-14-22(28-25-15-23(26(31)32)29-30(24)25)18-8-12-21(13-9-18)33-16-17-4-2-1-3-5-17/h1-15H,16H2,(H,31,32). The van der Waals surface area contributed by atoms with Crippen molar-refractivity contribution >= 4 is 23.2 Å². The quantitative estimate of drug-likeness (QED) is 0.340. The van der Waals surface area contributed by atoms with E-state index in [4.69, 9.17) is 16.3 Å². The highest BCUT2D eigenvalue weighted by molar-refractivity contribution is 6.30. The van der Waals surface area contributed by atoms with Crippen LogP contribution in [0.5, 0.6) is 5.75 Å². The van der Waals surface area contributed by atoms with E-state index in [9.17, 15) is 9.90 Å². The fourth-order valence-electron chi connectivity index (χ4n) is 3.52. The molecule has 0 aliphatic heterocycles. The van der Waals surface area contributed by atoms with Crippen LogP contribution in [0.25, 0.3) is 28.2 Å². The van der Waals surface area contributed by atoms with E-state index in [-0.39, 0.29) is 5.69 Å². The first-order chi connectivity index (χ1) is 16.1. The molecule has 0 saturated heterocycles. The Hall–Kier alpha value is -4.16. The summed E-state index contributed by atoms with van der Waals surface area (Å²) in [5, 5.41) is 14.2. The molecule has 0 atom stereocenters. The minimum Gasteiger partial charge on any atom is -0.489 e. The first-order valence-electron chi connectivity index (χ1n) is 10.2. The second-order valence-electron chi connectivity index (χ2n) is 7.44. The minimum atomic E-state index is -1.11. The summed E-state index contributed by atoms with van der Waals surface area (Å²) >= 11 is 6.05. The molecule has 0 aliphatic carbocycles. The summed E-state index contributed by atoms with van der Waals surface area (Å²) in [5.41, 5.74) is 4.59. The number of nitrogens with zero attached hydrogens (tertiary/aromatic N) is 3. The number of halogens is 1. The lowest BCUT2D eigenvalue weighted by Gasteiger charge is -2.10. The molecule has 33 heavy (non-hydrogen) atoms. The Bertz CT molecular complexity index is 1430. The van der Waals surface area contributed by atoms with Crippen LogP contribution in [0, 0.1) is 0 Å². The molecule has 0 radical (unpaired) electrons. The lowest BCUT2D eigenvalue weighted by atomic mass is 10.1. The summed E-state index contributed by atoms with van der Waals surface area (Å²) < 4.78 is 7.41. The van der Waals surface area contributed by atoms with Gasteiger partial charge < -0.3 is 9.84 Å². The maximum absolute atomic E-state index is 11.5. The van der Waals surface area contributed by atoms with Crippen LogP contribution in [-0.4, -0.2) is 25.7 Å². The van der Waals surface area contributed by atoms with Gasteiger partial charge in [-0.15, -0.1) is 0 Å². The third-order valence-corrected chi connectivity index (χ3v) is 5.44. The molecule has 0 aliphatic rings. The number of benzene rings is 3. The third-order valence-electron chi connectivity index (χ3n) is 5.18. The number of carboxylic acid groups (broad SMARTS) is 1. The molecule has 0 spiro atoms. The average Bonchev–Trinajstić information content (AvgIpc) is 3.29. The third kappa shape index (κ3) is 4.42. The van der Waals surface area contributed by atoms with Crippen molar-refractivity contribution in [3.8, 4) is 28.3 Å². The van der Waals surface area contributed by atoms with Gasteiger partial charge in [-0.2, -0.15) is 5.10 Å². The van der Waals surface area contributed by atoms with Crippen LogP contribution in [0.2, 0.25) is 5.02 Å². The highest BCUT2D eigenvalue weighted by Gasteiger charge is 2.16. The zero-order chi connectivity index (χ0) is 22.8. The van der Waals surface area contributed by atoms with Gasteiger partial charge in [-0.3, -0.25) is 0 Å². The number of rotatable bonds is 6. The molecular formula is C26H18ClN3O3. The number of ether oxygens (including phenoxy) is 1. The Morgan fingerprint density at radius 3 is 2.30 bits per heavy atom. The van der Waals surface area contributed by atoms with Gasteiger partial charge in [0.05, 0.1) is 11.4 Å². The second-order valence-corrected chi connectivity index (χ2v) is 7.87. The summed E-state index contributed by atoms with van der Waals surface area (Å²) in [4.78, 5) is 16.1. The number of aromatic carboxylic acids is 1. The Kier molecular flexibility index (Phi) is 5.50. The number of hydrogen-bond acceptors (Lipinski definition) is 4. The van der Waals surface area contributed by atoms with Crippen LogP contribution in [-0.2, 0) is 6.61 Å². The lowest BCUT2D eigenvalue weighted by Crippen LogP contribution is -2.01. The first kappa shape index (κ1) is 20.7. The number of carbonyl (C=O) groups is 1. The SMILES string of the molecule is O=C(O)c1cc2nc(-c3ccc(OCc4ccccc4)cc3)cc(-c3ccc(Cl)cc3)n2n1. The first-order valence-corrected chi connectivity index (χ1v) is 10.6. The monoisotopic (exact) mass is 455 g/mol. The molecule has 1 N–H and O–H groups in total. The summed E-state index contributed by atoms with van der Waals surface area (Å²) in [6.07, 6.45) is 0. The fourth-order valence-corrected chi connectivity index (χ4v) is 3.64. The van der Waals surface area contributed by atoms with Crippen molar-refractivity contribution in [2.45, 2.75) is 6.61 Å². The predicted octanol–water partition coefficient (Wildman–Crippen LogP) is 5.99. The van der Waals surface area contributed by atoms with Gasteiger partial charge in [0.25, 0.3) is 0 Å². The molecule has 0 bridgehead atoms. The minimum absolute atomic E-state index is 0.0699. The number of aromatic nitrogens is 3. The average molecular weight is 456 g/mol. The predicted molar refractivity (Wildman–Crippen MR) is 127 cm³/mol. The molecule has 5 rings (SSSR count). The van der Waals surface area contributed by atoms with Crippen LogP contribution in [0.3, 0.4) is 0 Å². The Morgan fingerprint density at radius 2 is 1.61 bits per heavy atom. The van der Waals surface area contributed by atoms with Gasteiger partial charge >= 0.3 is 5.97 Å². The van der Waals surface area contributed by atoms with Gasteiger partial charge in [-0.25, -0.2) is 14.3 Å². The van der Waals surface area contributed by atoms with E-state index < -0.39 is 5.97 Å². The van der Waals surface area contributed by atoms with Gasteiger partial charge in [0, 0.05) is 22.2 Å². The normalized spacial score (nSPS) is 10.9. The maximum atomic E-state index is 11.5. The van der Waals surface area contributed by atoms with Crippen LogP contribution in [0.4, 0.5) is 0 Å². The van der Waals surface area contributed by atoms with Crippen molar-refractivity contribution in [2.75, 3.05) is 0 Å². The maximum Gasteiger partial charge on any atom is 0.356 e. The van der Waals surface area contributed by atoms with Gasteiger partial charge in [0.1, 0.15) is 12.4 Å². The molecule has 5 aromatic rings. The Morgan fingerprint density at radius 1 is 0.909 bits per heavy atom. The molecule has 162 valence electrons. The van der Waals surface area contributed by atoms with Crippen LogP contribution in [0.15, 0.2) is 91.0 Å². The van der Waals surface area contributed by atoms with E-state index in [0.717, 1.165) is 22.4 Å². The van der Waals surface area contributed by atoms with Gasteiger partial charge in [-0.05, 0) is 48.0 Å². The lowest BCUT2D eigenvalue weighted by molar-refractivity contribution is 0.0690. The molecular weight excluding hydrogens is 438 g/mol. The molecule has 6 nitrogen and oxygen atoms in total. The van der Waals surface area contributed by atoms with Crippen molar-refractivity contribution in [3.05, 3.63) is 107 Å². The van der Waals surface area contributed by atoms with E-state index >= 15 is 0 Å². The molecule has 3 aromatic carbocycles. The van der Waals surface area contributed by atoms with E-state index in [1.807, 2.05) is 72.8 Å². The van der Waals surface area contributed by atoms with Crippen LogP contribution < -0.4 is 4.74 Å². The summed E-state index contributed by atoms with van der Waals surface area (Å²) in [7, 11) is 0. The number of carboxylic acids is 1. The highest BCUT2D eigenvalue weighted by atomic mass is 35.5. The molecule has 2 aromatic heterocycles. The van der Waals surface area contributed by atoms with Crippen LogP contribution >= 0.6 is 11.6 Å². The second kappa shape index (κ2) is 8.76. The smallest absolute Gasteiger partial charge is 0.356 e. The van der Waals surface area contributed by atoms with Crippen LogP contribution in [0.1, 0.15) is 16.1 Å². The molecule has 0 fully saturated rings. The summed E-state index contributed by atoms with van der Waals surface area (Å²) in [5.74, 6) is -0.358. The topological polar surface area (TPSA) is 76.7 Å². The van der Waals surface area contributed by atoms with Crippen molar-refractivity contribution in [3.63, 3.8) is 0 Å². The molecule has 0 saturated carbocycles. The molecule has 2 heterocycles. The zero-order valence-corrected chi connectivity index (χ0v) is 18.1. The van der Waals surface area contributed by atoms with Crippen molar-refractivity contribution in [1.82, 2.24) is 14.6 Å². The molecule has 7 heteroatoms. The van der Waals surface area contributed by atoms with E-state index in [0.29, 0.717) is 28.7 Å². The summed E-state index contributed by atoms with van der Waals surface area (Å²) in [6, 6.07) is 28.2. The van der Waals surface area contributed by atoms with E-state index in [2.05, 4.69) is 10.1 Å². The van der Waals surface area contributed by atoms with E-state index in [1.54, 1.807) is 12.1 Å². The zero-order valence-electron chi connectivity index (χ0n) is 17.4. The van der Waals surface area contributed by atoms with Crippen molar-refractivity contribution < 1.29 is 14.6 Å². The fraction of sp³-hybridized carbons (Fsp3) is 0.0385. The number of fused-ring (bicyclic) bond motifs is 1.